The molecule has 4 nitrogen and oxygen atoms in total. The molecule has 5 heteroatoms. The molecule has 1 aliphatic rings. The van der Waals surface area contributed by atoms with Crippen LogP contribution in [0.5, 0.6) is 5.75 Å². The van der Waals surface area contributed by atoms with Crippen molar-refractivity contribution in [2.24, 2.45) is 10.7 Å². The van der Waals surface area contributed by atoms with E-state index in [0.717, 1.165) is 31.6 Å². The Kier molecular flexibility index (Phi) is 8.16. The summed E-state index contributed by atoms with van der Waals surface area (Å²) in [7, 11) is 1.74. The fourth-order valence-corrected chi connectivity index (χ4v) is 3.28. The molecule has 1 saturated carbocycles. The highest BCUT2D eigenvalue weighted by Gasteiger charge is 2.37. The summed E-state index contributed by atoms with van der Waals surface area (Å²) in [6, 6.07) is 8.68. The number of nitrogens with one attached hydrogen (secondary N) is 1. The van der Waals surface area contributed by atoms with Gasteiger partial charge in [-0.3, -0.25) is 4.99 Å². The van der Waals surface area contributed by atoms with E-state index in [9.17, 15) is 0 Å². The topological polar surface area (TPSA) is 59.6 Å². The van der Waals surface area contributed by atoms with E-state index in [1.807, 2.05) is 12.1 Å². The minimum absolute atomic E-state index is 0. The number of nitrogens with two attached hydrogens (primary N) is 1. The highest BCUT2D eigenvalue weighted by atomic mass is 127. The van der Waals surface area contributed by atoms with Crippen LogP contribution < -0.4 is 15.8 Å². The summed E-state index contributed by atoms with van der Waals surface area (Å²) in [6.45, 7) is 4.98. The summed E-state index contributed by atoms with van der Waals surface area (Å²) >= 11 is 0. The Labute approximate surface area is 157 Å². The van der Waals surface area contributed by atoms with Crippen LogP contribution in [0, 0.1) is 0 Å². The molecule has 0 saturated heterocycles. The standard InChI is InChI=1S/C18H29N3O.HI/c1-4-14(2)21-17(19)20-13-18(11-7-8-12-18)15-9-5-6-10-16(15)22-3;/h5-6,9-10,14H,4,7-8,11-13H2,1-3H3,(H3,19,20,21);1H. The predicted octanol–water partition coefficient (Wildman–Crippen LogP) is 3.83. The Morgan fingerprint density at radius 2 is 2.00 bits per heavy atom. The number of nitrogens with zero attached hydrogens (tertiary/aromatic N) is 1. The summed E-state index contributed by atoms with van der Waals surface area (Å²) in [5, 5.41) is 3.25. The van der Waals surface area contributed by atoms with Crippen molar-refractivity contribution in [1.29, 1.82) is 0 Å². The number of hydrogen-bond donors (Lipinski definition) is 2. The third kappa shape index (κ3) is 4.99. The van der Waals surface area contributed by atoms with Crippen LogP contribution in [0.15, 0.2) is 29.3 Å². The van der Waals surface area contributed by atoms with Gasteiger partial charge >= 0.3 is 0 Å². The molecule has 130 valence electrons. The zero-order chi connectivity index (χ0) is 16.0. The second kappa shape index (κ2) is 9.35. The first-order valence-corrected chi connectivity index (χ1v) is 8.31. The van der Waals surface area contributed by atoms with Gasteiger partial charge in [0, 0.05) is 17.0 Å². The van der Waals surface area contributed by atoms with Crippen LogP contribution in [0.25, 0.3) is 0 Å². The molecule has 0 aromatic heterocycles. The largest absolute Gasteiger partial charge is 0.496 e. The minimum atomic E-state index is 0. The number of para-hydroxylation sites is 1. The van der Waals surface area contributed by atoms with Crippen molar-refractivity contribution in [1.82, 2.24) is 5.32 Å². The Morgan fingerprint density at radius 3 is 2.61 bits per heavy atom. The quantitative estimate of drug-likeness (QED) is 0.409. The molecule has 0 amide bonds. The third-order valence-corrected chi connectivity index (χ3v) is 4.80. The number of halogens is 1. The van der Waals surface area contributed by atoms with E-state index in [0.29, 0.717) is 12.0 Å². The van der Waals surface area contributed by atoms with Gasteiger partial charge in [0.1, 0.15) is 5.75 Å². The van der Waals surface area contributed by atoms with Crippen molar-refractivity contribution >= 4 is 29.9 Å². The molecule has 1 fully saturated rings. The Balaban J connectivity index is 0.00000264. The molecule has 0 radical (unpaired) electrons. The van der Waals surface area contributed by atoms with Crippen molar-refractivity contribution < 1.29 is 4.74 Å². The first-order valence-electron chi connectivity index (χ1n) is 8.31. The molecule has 0 aliphatic heterocycles. The normalized spacial score (nSPS) is 18.1. The maximum absolute atomic E-state index is 6.04. The van der Waals surface area contributed by atoms with Gasteiger partial charge < -0.3 is 15.8 Å². The number of aliphatic imine (C=N–C) groups is 1. The van der Waals surface area contributed by atoms with Gasteiger partial charge in [0.25, 0.3) is 0 Å². The SMILES string of the molecule is CCC(C)NC(N)=NCC1(c2ccccc2OC)CCCC1.I. The van der Waals surface area contributed by atoms with Crippen molar-refractivity contribution in [2.75, 3.05) is 13.7 Å². The van der Waals surface area contributed by atoms with E-state index < -0.39 is 0 Å². The average Bonchev–Trinajstić information content (AvgIpc) is 3.02. The summed E-state index contributed by atoms with van der Waals surface area (Å²) in [5.41, 5.74) is 7.38. The monoisotopic (exact) mass is 431 g/mol. The van der Waals surface area contributed by atoms with Gasteiger partial charge in [-0.2, -0.15) is 0 Å². The molecular weight excluding hydrogens is 401 g/mol. The molecule has 2 rings (SSSR count). The lowest BCUT2D eigenvalue weighted by Crippen LogP contribution is -2.39. The number of ether oxygens (including phenoxy) is 1. The van der Waals surface area contributed by atoms with Gasteiger partial charge in [0.2, 0.25) is 0 Å². The summed E-state index contributed by atoms with van der Waals surface area (Å²) in [6.07, 6.45) is 5.81. The Bertz CT molecular complexity index is 513. The highest BCUT2D eigenvalue weighted by molar-refractivity contribution is 14.0. The fourth-order valence-electron chi connectivity index (χ4n) is 3.28. The number of hydrogen-bond acceptors (Lipinski definition) is 2. The Hall–Kier alpha value is -0.980. The predicted molar refractivity (Wildman–Crippen MR) is 108 cm³/mol. The molecule has 1 unspecified atom stereocenters. The zero-order valence-electron chi connectivity index (χ0n) is 14.5. The lowest BCUT2D eigenvalue weighted by Gasteiger charge is -2.29. The molecule has 0 heterocycles. The van der Waals surface area contributed by atoms with Gasteiger partial charge in [-0.25, -0.2) is 0 Å². The lowest BCUT2D eigenvalue weighted by atomic mass is 9.78. The summed E-state index contributed by atoms with van der Waals surface area (Å²) < 4.78 is 5.58. The first kappa shape index (κ1) is 20.1. The molecule has 0 bridgehead atoms. The van der Waals surface area contributed by atoms with Crippen LogP contribution in [-0.2, 0) is 5.41 Å². The second-order valence-electron chi connectivity index (χ2n) is 6.34. The highest BCUT2D eigenvalue weighted by Crippen LogP contribution is 2.44. The molecule has 3 N–H and O–H groups in total. The maximum Gasteiger partial charge on any atom is 0.188 e. The number of benzene rings is 1. The van der Waals surface area contributed by atoms with Crippen LogP contribution >= 0.6 is 24.0 Å². The van der Waals surface area contributed by atoms with E-state index in [1.165, 1.54) is 18.4 Å². The summed E-state index contributed by atoms with van der Waals surface area (Å²) in [4.78, 5) is 4.65. The van der Waals surface area contributed by atoms with Crippen LogP contribution in [0.2, 0.25) is 0 Å². The molecule has 1 atom stereocenters. The molecule has 1 aromatic carbocycles. The van der Waals surface area contributed by atoms with Gasteiger partial charge in [-0.05, 0) is 32.3 Å². The van der Waals surface area contributed by atoms with Gasteiger partial charge in [-0.15, -0.1) is 24.0 Å². The van der Waals surface area contributed by atoms with E-state index in [1.54, 1.807) is 7.11 Å². The van der Waals surface area contributed by atoms with Crippen LogP contribution in [0.4, 0.5) is 0 Å². The maximum atomic E-state index is 6.04. The molecular formula is C18H30IN3O. The number of rotatable bonds is 6. The van der Waals surface area contributed by atoms with Crippen LogP contribution in [0.1, 0.15) is 51.5 Å². The number of methoxy groups -OCH3 is 1. The van der Waals surface area contributed by atoms with Crippen LogP contribution in [0.3, 0.4) is 0 Å². The molecule has 1 aromatic rings. The smallest absolute Gasteiger partial charge is 0.188 e. The van der Waals surface area contributed by atoms with Crippen LogP contribution in [-0.4, -0.2) is 25.7 Å². The second-order valence-corrected chi connectivity index (χ2v) is 6.34. The van der Waals surface area contributed by atoms with E-state index in [2.05, 4.69) is 36.3 Å². The van der Waals surface area contributed by atoms with E-state index in [4.69, 9.17) is 10.5 Å². The minimum Gasteiger partial charge on any atom is -0.496 e. The van der Waals surface area contributed by atoms with Gasteiger partial charge in [0.05, 0.1) is 13.7 Å². The molecule has 1 aliphatic carbocycles. The molecule has 23 heavy (non-hydrogen) atoms. The number of guanidine groups is 1. The fraction of sp³-hybridized carbons (Fsp3) is 0.611. The summed E-state index contributed by atoms with van der Waals surface area (Å²) in [5.74, 6) is 1.52. The van der Waals surface area contributed by atoms with E-state index >= 15 is 0 Å². The van der Waals surface area contributed by atoms with Crippen molar-refractivity contribution in [2.45, 2.75) is 57.4 Å². The van der Waals surface area contributed by atoms with E-state index in [-0.39, 0.29) is 29.4 Å². The molecule has 0 spiro atoms. The zero-order valence-corrected chi connectivity index (χ0v) is 16.8. The lowest BCUT2D eigenvalue weighted by molar-refractivity contribution is 0.378. The van der Waals surface area contributed by atoms with Gasteiger partial charge in [0.15, 0.2) is 5.96 Å². The average molecular weight is 431 g/mol. The van der Waals surface area contributed by atoms with Gasteiger partial charge in [-0.1, -0.05) is 38.0 Å². The van der Waals surface area contributed by atoms with Crippen molar-refractivity contribution in [3.8, 4) is 5.75 Å². The van der Waals surface area contributed by atoms with Crippen molar-refractivity contribution in [3.05, 3.63) is 29.8 Å². The van der Waals surface area contributed by atoms with Crippen molar-refractivity contribution in [3.63, 3.8) is 0 Å². The third-order valence-electron chi connectivity index (χ3n) is 4.80. The Morgan fingerprint density at radius 1 is 1.35 bits per heavy atom. The first-order chi connectivity index (χ1) is 10.6.